The van der Waals surface area contributed by atoms with Crippen LogP contribution in [0, 0.1) is 18.6 Å². The number of nitrogens with one attached hydrogen (secondary N) is 2. The predicted octanol–water partition coefficient (Wildman–Crippen LogP) is 4.53. The molecule has 0 atom stereocenters. The first-order chi connectivity index (χ1) is 12.5. The number of hydrogen-bond acceptors (Lipinski definition) is 3. The van der Waals surface area contributed by atoms with Crippen molar-refractivity contribution >= 4 is 17.3 Å². The molecule has 4 nitrogen and oxygen atoms in total. The second-order valence-electron chi connectivity index (χ2n) is 5.79. The molecule has 2 aromatic carbocycles. The molecular formula is C20H17F2N3O. The van der Waals surface area contributed by atoms with Gasteiger partial charge in [0.1, 0.15) is 17.3 Å². The molecule has 0 unspecified atom stereocenters. The lowest BCUT2D eigenvalue weighted by atomic mass is 10.1. The number of aromatic nitrogens is 1. The third-order valence-corrected chi connectivity index (χ3v) is 3.95. The Morgan fingerprint density at radius 3 is 2.50 bits per heavy atom. The molecule has 2 N–H and O–H groups in total. The summed E-state index contributed by atoms with van der Waals surface area (Å²) in [5, 5.41) is 5.44. The summed E-state index contributed by atoms with van der Waals surface area (Å²) in [6.45, 7) is 2.59. The summed E-state index contributed by atoms with van der Waals surface area (Å²) in [6.07, 6.45) is 2.92. The molecule has 3 aromatic rings. The lowest BCUT2D eigenvalue weighted by molar-refractivity contribution is 0.102. The van der Waals surface area contributed by atoms with E-state index in [1.165, 1.54) is 12.3 Å². The highest BCUT2D eigenvalue weighted by Crippen LogP contribution is 2.20. The van der Waals surface area contributed by atoms with Gasteiger partial charge in [-0.1, -0.05) is 30.3 Å². The van der Waals surface area contributed by atoms with Gasteiger partial charge in [0.05, 0.1) is 11.3 Å². The number of aryl methyl sites for hydroxylation is 1. The largest absolute Gasteiger partial charge is 0.380 e. The van der Waals surface area contributed by atoms with Crippen LogP contribution < -0.4 is 10.6 Å². The molecule has 0 saturated heterocycles. The van der Waals surface area contributed by atoms with Crippen LogP contribution in [0.4, 0.5) is 20.2 Å². The highest BCUT2D eigenvalue weighted by Gasteiger charge is 2.14. The standard InChI is InChI=1S/C20H17F2N3O/c1-13-5-2-3-6-14(13)11-24-16-9-15(10-23-12-16)20(26)25-19-17(21)7-4-8-18(19)22/h2-10,12,24H,11H2,1H3,(H,25,26). The maximum absolute atomic E-state index is 13.7. The van der Waals surface area contributed by atoms with Gasteiger partial charge in [-0.2, -0.15) is 0 Å². The molecule has 0 aliphatic carbocycles. The lowest BCUT2D eigenvalue weighted by Gasteiger charge is -2.11. The molecule has 132 valence electrons. The van der Waals surface area contributed by atoms with E-state index < -0.39 is 23.2 Å². The van der Waals surface area contributed by atoms with Gasteiger partial charge in [-0.05, 0) is 36.2 Å². The summed E-state index contributed by atoms with van der Waals surface area (Å²) < 4.78 is 27.3. The van der Waals surface area contributed by atoms with Gasteiger partial charge in [0.2, 0.25) is 0 Å². The zero-order valence-electron chi connectivity index (χ0n) is 14.1. The Bertz CT molecular complexity index is 924. The Morgan fingerprint density at radius 2 is 1.77 bits per heavy atom. The summed E-state index contributed by atoms with van der Waals surface area (Å²) >= 11 is 0. The van der Waals surface area contributed by atoms with Crippen LogP contribution in [0.1, 0.15) is 21.5 Å². The number of anilines is 2. The highest BCUT2D eigenvalue weighted by atomic mass is 19.1. The van der Waals surface area contributed by atoms with E-state index in [1.807, 2.05) is 31.2 Å². The second-order valence-corrected chi connectivity index (χ2v) is 5.79. The van der Waals surface area contributed by atoms with Crippen LogP contribution in [0.25, 0.3) is 0 Å². The van der Waals surface area contributed by atoms with Crippen molar-refractivity contribution in [2.45, 2.75) is 13.5 Å². The van der Waals surface area contributed by atoms with Crippen LogP contribution in [0.15, 0.2) is 60.9 Å². The Kier molecular flexibility index (Phi) is 5.22. The minimum Gasteiger partial charge on any atom is -0.380 e. The smallest absolute Gasteiger partial charge is 0.257 e. The highest BCUT2D eigenvalue weighted by molar-refractivity contribution is 6.04. The molecule has 1 heterocycles. The van der Waals surface area contributed by atoms with Crippen molar-refractivity contribution in [2.75, 3.05) is 10.6 Å². The number of para-hydroxylation sites is 1. The molecule has 0 saturated carbocycles. The Balaban J connectivity index is 1.72. The maximum Gasteiger partial charge on any atom is 0.257 e. The summed E-state index contributed by atoms with van der Waals surface area (Å²) in [5.74, 6) is -2.30. The molecule has 0 aliphatic rings. The Labute approximate surface area is 149 Å². The van der Waals surface area contributed by atoms with Gasteiger partial charge in [0.15, 0.2) is 0 Å². The summed E-state index contributed by atoms with van der Waals surface area (Å²) in [4.78, 5) is 16.3. The minimum absolute atomic E-state index is 0.197. The monoisotopic (exact) mass is 353 g/mol. The van der Waals surface area contributed by atoms with Crippen molar-refractivity contribution in [1.82, 2.24) is 4.98 Å². The fraction of sp³-hybridized carbons (Fsp3) is 0.100. The molecule has 0 aliphatic heterocycles. The average molecular weight is 353 g/mol. The average Bonchev–Trinajstić information content (AvgIpc) is 2.64. The van der Waals surface area contributed by atoms with E-state index in [-0.39, 0.29) is 5.56 Å². The fourth-order valence-corrected chi connectivity index (χ4v) is 2.47. The number of hydrogen-bond donors (Lipinski definition) is 2. The van der Waals surface area contributed by atoms with Crippen molar-refractivity contribution in [2.24, 2.45) is 0 Å². The Hall–Kier alpha value is -3.28. The van der Waals surface area contributed by atoms with E-state index in [1.54, 1.807) is 12.3 Å². The van der Waals surface area contributed by atoms with E-state index in [2.05, 4.69) is 15.6 Å². The number of rotatable bonds is 5. The number of pyridine rings is 1. The zero-order valence-corrected chi connectivity index (χ0v) is 14.1. The van der Waals surface area contributed by atoms with Gasteiger partial charge < -0.3 is 10.6 Å². The molecule has 0 spiro atoms. The van der Waals surface area contributed by atoms with Gasteiger partial charge in [-0.25, -0.2) is 8.78 Å². The number of benzene rings is 2. The van der Waals surface area contributed by atoms with E-state index in [4.69, 9.17) is 0 Å². The molecule has 1 aromatic heterocycles. The quantitative estimate of drug-likeness (QED) is 0.708. The first kappa shape index (κ1) is 17.5. The molecule has 6 heteroatoms. The van der Waals surface area contributed by atoms with Crippen LogP contribution in [0.2, 0.25) is 0 Å². The molecule has 1 amide bonds. The van der Waals surface area contributed by atoms with E-state index in [9.17, 15) is 13.6 Å². The van der Waals surface area contributed by atoms with Crippen molar-refractivity contribution < 1.29 is 13.6 Å². The predicted molar refractivity (Wildman–Crippen MR) is 97.1 cm³/mol. The molecule has 0 bridgehead atoms. The fourth-order valence-electron chi connectivity index (χ4n) is 2.47. The van der Waals surface area contributed by atoms with E-state index in [0.29, 0.717) is 12.2 Å². The zero-order chi connectivity index (χ0) is 18.5. The van der Waals surface area contributed by atoms with Crippen molar-refractivity contribution in [3.05, 3.63) is 89.2 Å². The third kappa shape index (κ3) is 4.03. The van der Waals surface area contributed by atoms with E-state index >= 15 is 0 Å². The number of nitrogens with zero attached hydrogens (tertiary/aromatic N) is 1. The summed E-state index contributed by atoms with van der Waals surface area (Å²) in [5.41, 5.74) is 2.63. The van der Waals surface area contributed by atoms with Crippen LogP contribution >= 0.6 is 0 Å². The first-order valence-corrected chi connectivity index (χ1v) is 8.03. The van der Waals surface area contributed by atoms with Crippen molar-refractivity contribution in [3.63, 3.8) is 0 Å². The number of halogens is 2. The van der Waals surface area contributed by atoms with Gasteiger partial charge in [0.25, 0.3) is 5.91 Å². The van der Waals surface area contributed by atoms with Gasteiger partial charge >= 0.3 is 0 Å². The number of carbonyl (C=O) groups is 1. The maximum atomic E-state index is 13.7. The third-order valence-electron chi connectivity index (χ3n) is 3.95. The first-order valence-electron chi connectivity index (χ1n) is 8.03. The van der Waals surface area contributed by atoms with Crippen LogP contribution in [0.5, 0.6) is 0 Å². The molecule has 0 radical (unpaired) electrons. The Morgan fingerprint density at radius 1 is 1.04 bits per heavy atom. The number of carbonyl (C=O) groups excluding carboxylic acids is 1. The van der Waals surface area contributed by atoms with Crippen LogP contribution in [-0.4, -0.2) is 10.9 Å². The second kappa shape index (κ2) is 7.74. The lowest BCUT2D eigenvalue weighted by Crippen LogP contribution is -2.15. The van der Waals surface area contributed by atoms with Crippen molar-refractivity contribution in [1.29, 1.82) is 0 Å². The molecular weight excluding hydrogens is 336 g/mol. The van der Waals surface area contributed by atoms with Crippen LogP contribution in [-0.2, 0) is 6.54 Å². The number of amides is 1. The summed E-state index contributed by atoms with van der Waals surface area (Å²) in [7, 11) is 0. The van der Waals surface area contributed by atoms with Crippen LogP contribution in [0.3, 0.4) is 0 Å². The van der Waals surface area contributed by atoms with Gasteiger partial charge in [-0.3, -0.25) is 9.78 Å². The molecule has 26 heavy (non-hydrogen) atoms. The van der Waals surface area contributed by atoms with Gasteiger partial charge in [0, 0.05) is 18.9 Å². The topological polar surface area (TPSA) is 54.0 Å². The molecule has 3 rings (SSSR count). The minimum atomic E-state index is -0.833. The molecule has 0 fully saturated rings. The normalized spacial score (nSPS) is 10.4. The SMILES string of the molecule is Cc1ccccc1CNc1cncc(C(=O)Nc2c(F)cccc2F)c1. The summed E-state index contributed by atoms with van der Waals surface area (Å²) in [6, 6.07) is 12.9. The van der Waals surface area contributed by atoms with Gasteiger partial charge in [-0.15, -0.1) is 0 Å². The van der Waals surface area contributed by atoms with Crippen molar-refractivity contribution in [3.8, 4) is 0 Å². The van der Waals surface area contributed by atoms with E-state index in [0.717, 1.165) is 23.3 Å².